The topological polar surface area (TPSA) is 88.5 Å². The number of rotatable bonds is 10. The van der Waals surface area contributed by atoms with Crippen molar-refractivity contribution in [1.29, 1.82) is 0 Å². The smallest absolute Gasteiger partial charge is 0.295 e. The molecule has 0 aliphatic carbocycles. The first-order chi connectivity index (χ1) is 17.5. The zero-order valence-electron chi connectivity index (χ0n) is 20.5. The molecule has 4 rings (SSSR count). The van der Waals surface area contributed by atoms with E-state index < -0.39 is 17.7 Å². The van der Waals surface area contributed by atoms with E-state index in [0.29, 0.717) is 55.4 Å². The molecule has 2 aliphatic heterocycles. The van der Waals surface area contributed by atoms with Crippen molar-refractivity contribution in [1.82, 2.24) is 9.80 Å². The molecule has 0 bridgehead atoms. The lowest BCUT2D eigenvalue weighted by atomic mass is 9.94. The Balaban J connectivity index is 1.67. The van der Waals surface area contributed by atoms with Crippen LogP contribution in [-0.2, 0) is 14.3 Å². The summed E-state index contributed by atoms with van der Waals surface area (Å²) in [6.07, 6.45) is 2.33. The van der Waals surface area contributed by atoms with Crippen molar-refractivity contribution >= 4 is 17.4 Å². The van der Waals surface area contributed by atoms with Gasteiger partial charge >= 0.3 is 0 Å². The summed E-state index contributed by atoms with van der Waals surface area (Å²) in [4.78, 5) is 30.3. The van der Waals surface area contributed by atoms with Crippen molar-refractivity contribution in [2.75, 3.05) is 53.1 Å². The lowest BCUT2D eigenvalue weighted by Gasteiger charge is -2.29. The van der Waals surface area contributed by atoms with Gasteiger partial charge in [0.05, 0.1) is 31.9 Å². The van der Waals surface area contributed by atoms with Crippen LogP contribution in [0.4, 0.5) is 0 Å². The van der Waals surface area contributed by atoms with Gasteiger partial charge < -0.3 is 24.2 Å². The number of ketones is 1. The van der Waals surface area contributed by atoms with E-state index in [1.165, 1.54) is 0 Å². The van der Waals surface area contributed by atoms with Crippen LogP contribution in [0.2, 0.25) is 0 Å². The number of hydrogen-bond acceptors (Lipinski definition) is 7. The standard InChI is InChI=1S/C28H32N2O6/c1-3-17-36-21-11-9-20(10-12-21)26(31)24-25(22-7-4-5-8-23(22)34-2)30(28(33)27(24)32)14-6-13-29-15-18-35-19-16-29/h3-5,7-12,25,31H,1,6,13-19H2,2H3/b26-24-. The van der Waals surface area contributed by atoms with Crippen LogP contribution >= 0.6 is 0 Å². The zero-order chi connectivity index (χ0) is 25.5. The molecule has 0 spiro atoms. The molecule has 36 heavy (non-hydrogen) atoms. The van der Waals surface area contributed by atoms with Crippen LogP contribution in [0.3, 0.4) is 0 Å². The van der Waals surface area contributed by atoms with Gasteiger partial charge in [0.1, 0.15) is 23.9 Å². The average Bonchev–Trinajstić information content (AvgIpc) is 3.17. The van der Waals surface area contributed by atoms with Gasteiger partial charge in [-0.15, -0.1) is 0 Å². The van der Waals surface area contributed by atoms with Crippen molar-refractivity contribution in [2.45, 2.75) is 12.5 Å². The molecule has 1 amide bonds. The van der Waals surface area contributed by atoms with E-state index in [1.54, 1.807) is 48.4 Å². The van der Waals surface area contributed by atoms with Gasteiger partial charge in [-0.3, -0.25) is 14.5 Å². The fraction of sp³-hybridized carbons (Fsp3) is 0.357. The molecule has 1 atom stereocenters. The second kappa shape index (κ2) is 11.9. The van der Waals surface area contributed by atoms with Crippen LogP contribution in [0.1, 0.15) is 23.6 Å². The number of likely N-dealkylation sites (tertiary alicyclic amines) is 1. The second-order valence-electron chi connectivity index (χ2n) is 8.67. The number of carbonyl (C=O) groups excluding carboxylic acids is 2. The molecule has 1 N–H and O–H groups in total. The van der Waals surface area contributed by atoms with Crippen molar-refractivity contribution in [3.05, 3.63) is 77.9 Å². The number of aliphatic hydroxyl groups excluding tert-OH is 1. The summed E-state index contributed by atoms with van der Waals surface area (Å²) < 4.78 is 16.5. The predicted molar refractivity (Wildman–Crippen MR) is 136 cm³/mol. The van der Waals surface area contributed by atoms with Crippen LogP contribution in [0.25, 0.3) is 5.76 Å². The minimum absolute atomic E-state index is 0.0515. The Morgan fingerprint density at radius 3 is 2.53 bits per heavy atom. The van der Waals surface area contributed by atoms with E-state index in [9.17, 15) is 14.7 Å². The summed E-state index contributed by atoms with van der Waals surface area (Å²) in [5, 5.41) is 11.3. The molecule has 2 aliphatic rings. The molecular weight excluding hydrogens is 460 g/mol. The highest BCUT2D eigenvalue weighted by Crippen LogP contribution is 2.42. The first kappa shape index (κ1) is 25.5. The van der Waals surface area contributed by atoms with E-state index in [0.717, 1.165) is 19.6 Å². The van der Waals surface area contributed by atoms with Gasteiger partial charge in [0, 0.05) is 37.3 Å². The van der Waals surface area contributed by atoms with Gasteiger partial charge in [-0.25, -0.2) is 0 Å². The van der Waals surface area contributed by atoms with E-state index in [-0.39, 0.29) is 11.3 Å². The van der Waals surface area contributed by atoms with Gasteiger partial charge in [0.15, 0.2) is 0 Å². The molecule has 190 valence electrons. The molecule has 2 heterocycles. The van der Waals surface area contributed by atoms with Gasteiger partial charge in [-0.1, -0.05) is 30.9 Å². The van der Waals surface area contributed by atoms with Gasteiger partial charge in [0.2, 0.25) is 0 Å². The highest BCUT2D eigenvalue weighted by Gasteiger charge is 2.46. The highest BCUT2D eigenvalue weighted by atomic mass is 16.5. The van der Waals surface area contributed by atoms with E-state index in [1.807, 2.05) is 18.2 Å². The summed E-state index contributed by atoms with van der Waals surface area (Å²) in [6, 6.07) is 13.2. The molecule has 0 aromatic heterocycles. The molecular formula is C28H32N2O6. The first-order valence-electron chi connectivity index (χ1n) is 12.1. The average molecular weight is 493 g/mol. The third-order valence-corrected chi connectivity index (χ3v) is 6.45. The molecule has 2 saturated heterocycles. The normalized spacial score (nSPS) is 19.9. The number of amides is 1. The molecule has 0 saturated carbocycles. The van der Waals surface area contributed by atoms with Crippen LogP contribution in [-0.4, -0.2) is 79.7 Å². The lowest BCUT2D eigenvalue weighted by molar-refractivity contribution is -0.140. The Labute approximate surface area is 211 Å². The Morgan fingerprint density at radius 2 is 1.83 bits per heavy atom. The third-order valence-electron chi connectivity index (χ3n) is 6.45. The predicted octanol–water partition coefficient (Wildman–Crippen LogP) is 3.40. The Hall–Kier alpha value is -3.62. The molecule has 2 aromatic carbocycles. The minimum atomic E-state index is -0.762. The Kier molecular flexibility index (Phi) is 8.40. The highest BCUT2D eigenvalue weighted by molar-refractivity contribution is 6.46. The molecule has 2 aromatic rings. The quantitative estimate of drug-likeness (QED) is 0.235. The largest absolute Gasteiger partial charge is 0.507 e. The number of carbonyl (C=O) groups is 2. The summed E-state index contributed by atoms with van der Waals surface area (Å²) in [7, 11) is 1.55. The van der Waals surface area contributed by atoms with Crippen LogP contribution in [0, 0.1) is 0 Å². The van der Waals surface area contributed by atoms with Gasteiger partial charge in [-0.05, 0) is 36.8 Å². The van der Waals surface area contributed by atoms with Crippen LogP contribution < -0.4 is 9.47 Å². The second-order valence-corrected chi connectivity index (χ2v) is 8.67. The third kappa shape index (κ3) is 5.45. The Bertz CT molecular complexity index is 1120. The number of aliphatic hydroxyl groups is 1. The van der Waals surface area contributed by atoms with Gasteiger partial charge in [-0.2, -0.15) is 0 Å². The monoisotopic (exact) mass is 492 g/mol. The summed E-state index contributed by atoms with van der Waals surface area (Å²) in [5.41, 5.74) is 1.13. The van der Waals surface area contributed by atoms with Crippen molar-refractivity contribution in [3.63, 3.8) is 0 Å². The number of ether oxygens (including phenoxy) is 3. The number of Topliss-reactive ketones (excluding diaryl/α,β-unsaturated/α-hetero) is 1. The number of benzene rings is 2. The number of hydrogen-bond donors (Lipinski definition) is 1. The molecule has 2 fully saturated rings. The van der Waals surface area contributed by atoms with Crippen molar-refractivity contribution < 1.29 is 28.9 Å². The van der Waals surface area contributed by atoms with Crippen LogP contribution in [0.5, 0.6) is 11.5 Å². The summed E-state index contributed by atoms with van der Waals surface area (Å²) in [6.45, 7) is 8.24. The Morgan fingerprint density at radius 1 is 1.11 bits per heavy atom. The SMILES string of the molecule is C=CCOc1ccc(/C(O)=C2/C(=O)C(=O)N(CCCN3CCOCC3)C2c2ccccc2OC)cc1. The molecule has 8 nitrogen and oxygen atoms in total. The zero-order valence-corrected chi connectivity index (χ0v) is 20.5. The van der Waals surface area contributed by atoms with E-state index >= 15 is 0 Å². The first-order valence-corrected chi connectivity index (χ1v) is 12.1. The van der Waals surface area contributed by atoms with Crippen molar-refractivity contribution in [3.8, 4) is 11.5 Å². The molecule has 8 heteroatoms. The maximum absolute atomic E-state index is 13.3. The number of nitrogens with zero attached hydrogens (tertiary/aromatic N) is 2. The molecule has 1 unspecified atom stereocenters. The number of para-hydroxylation sites is 1. The minimum Gasteiger partial charge on any atom is -0.507 e. The van der Waals surface area contributed by atoms with Crippen molar-refractivity contribution in [2.24, 2.45) is 0 Å². The summed E-state index contributed by atoms with van der Waals surface area (Å²) >= 11 is 0. The van der Waals surface area contributed by atoms with E-state index in [4.69, 9.17) is 14.2 Å². The lowest BCUT2D eigenvalue weighted by Crippen LogP contribution is -2.39. The maximum atomic E-state index is 13.3. The fourth-order valence-corrected chi connectivity index (χ4v) is 4.64. The number of methoxy groups -OCH3 is 1. The van der Waals surface area contributed by atoms with Crippen LogP contribution in [0.15, 0.2) is 66.8 Å². The fourth-order valence-electron chi connectivity index (χ4n) is 4.64. The number of morpholine rings is 1. The maximum Gasteiger partial charge on any atom is 0.295 e. The van der Waals surface area contributed by atoms with Gasteiger partial charge in [0.25, 0.3) is 11.7 Å². The molecule has 0 radical (unpaired) electrons. The van der Waals surface area contributed by atoms with E-state index in [2.05, 4.69) is 11.5 Å². The summed E-state index contributed by atoms with van der Waals surface area (Å²) in [5.74, 6) is -0.407.